The molecule has 0 aliphatic heterocycles. The first-order valence-corrected chi connectivity index (χ1v) is 16.1. The van der Waals surface area contributed by atoms with Gasteiger partial charge in [0.2, 0.25) is 21.8 Å². The Hall–Kier alpha value is -3.07. The zero-order chi connectivity index (χ0) is 30.2. The molecule has 3 rings (SSSR count). The molecule has 1 atom stereocenters. The van der Waals surface area contributed by atoms with Crippen molar-refractivity contribution in [2.45, 2.75) is 58.7 Å². The van der Waals surface area contributed by atoms with E-state index in [1.165, 1.54) is 4.31 Å². The molecule has 10 heteroatoms. The number of nitrogens with one attached hydrogen (secondary N) is 1. The Morgan fingerprint density at radius 2 is 1.61 bits per heavy atom. The van der Waals surface area contributed by atoms with Gasteiger partial charge in [0.1, 0.15) is 6.04 Å². The van der Waals surface area contributed by atoms with Crippen LogP contribution in [0.4, 0.5) is 5.69 Å². The van der Waals surface area contributed by atoms with Gasteiger partial charge in [0.15, 0.2) is 0 Å². The monoisotopic (exact) mass is 617 g/mol. The second-order valence-corrected chi connectivity index (χ2v) is 13.1. The lowest BCUT2D eigenvalue weighted by atomic mass is 10.0. The SMILES string of the molecule is Cc1cccc(N(CCCC(=O)N(Cc2ccc(Cl)c(Cl)c2)[C@H](Cc2ccccc2)C(=O)NC(C)C)S(C)(=O)=O)c1. The summed E-state index contributed by atoms with van der Waals surface area (Å²) in [7, 11) is -3.58. The third kappa shape index (κ3) is 9.76. The summed E-state index contributed by atoms with van der Waals surface area (Å²) in [6, 6.07) is 20.9. The number of rotatable bonds is 13. The molecular weight excluding hydrogens is 581 g/mol. The van der Waals surface area contributed by atoms with Crippen LogP contribution in [0.15, 0.2) is 72.8 Å². The third-order valence-electron chi connectivity index (χ3n) is 6.48. The molecule has 2 amide bonds. The smallest absolute Gasteiger partial charge is 0.243 e. The Morgan fingerprint density at radius 3 is 2.22 bits per heavy atom. The Labute approximate surface area is 253 Å². The molecule has 0 fully saturated rings. The minimum Gasteiger partial charge on any atom is -0.352 e. The predicted octanol–water partition coefficient (Wildman–Crippen LogP) is 6.01. The molecule has 0 unspecified atom stereocenters. The van der Waals surface area contributed by atoms with E-state index in [2.05, 4.69) is 5.32 Å². The van der Waals surface area contributed by atoms with Crippen LogP contribution in [0.25, 0.3) is 0 Å². The fourth-order valence-corrected chi connectivity index (χ4v) is 5.83. The van der Waals surface area contributed by atoms with Gasteiger partial charge in [-0.05, 0) is 68.1 Å². The first kappa shape index (κ1) is 32.4. The Balaban J connectivity index is 1.90. The third-order valence-corrected chi connectivity index (χ3v) is 8.41. The van der Waals surface area contributed by atoms with Crippen LogP contribution in [0.2, 0.25) is 10.0 Å². The topological polar surface area (TPSA) is 86.8 Å². The van der Waals surface area contributed by atoms with Crippen molar-refractivity contribution in [1.82, 2.24) is 10.2 Å². The van der Waals surface area contributed by atoms with Crippen molar-refractivity contribution >= 4 is 50.7 Å². The summed E-state index contributed by atoms with van der Waals surface area (Å²) in [4.78, 5) is 28.9. The number of halogens is 2. The molecule has 220 valence electrons. The molecule has 0 radical (unpaired) electrons. The van der Waals surface area contributed by atoms with E-state index in [0.717, 1.165) is 22.9 Å². The van der Waals surface area contributed by atoms with E-state index in [9.17, 15) is 18.0 Å². The zero-order valence-electron chi connectivity index (χ0n) is 23.8. The number of nitrogens with zero attached hydrogens (tertiary/aromatic N) is 2. The Morgan fingerprint density at radius 1 is 0.902 bits per heavy atom. The zero-order valence-corrected chi connectivity index (χ0v) is 26.1. The van der Waals surface area contributed by atoms with Crippen LogP contribution in [0.3, 0.4) is 0 Å². The number of carbonyl (C=O) groups excluding carboxylic acids is 2. The Bertz CT molecular complexity index is 1450. The summed E-state index contributed by atoms with van der Waals surface area (Å²) in [6.45, 7) is 5.88. The summed E-state index contributed by atoms with van der Waals surface area (Å²) in [5.74, 6) is -0.539. The molecule has 0 aliphatic rings. The van der Waals surface area contributed by atoms with Crippen LogP contribution >= 0.6 is 23.2 Å². The second kappa shape index (κ2) is 14.7. The van der Waals surface area contributed by atoms with Gasteiger partial charge in [-0.15, -0.1) is 0 Å². The molecule has 3 aromatic carbocycles. The fourth-order valence-electron chi connectivity index (χ4n) is 4.56. The predicted molar refractivity (Wildman–Crippen MR) is 167 cm³/mol. The quantitative estimate of drug-likeness (QED) is 0.254. The maximum Gasteiger partial charge on any atom is 0.243 e. The van der Waals surface area contributed by atoms with Crippen molar-refractivity contribution < 1.29 is 18.0 Å². The lowest BCUT2D eigenvalue weighted by molar-refractivity contribution is -0.141. The molecule has 0 aliphatic carbocycles. The van der Waals surface area contributed by atoms with Crippen molar-refractivity contribution in [3.63, 3.8) is 0 Å². The summed E-state index contributed by atoms with van der Waals surface area (Å²) >= 11 is 12.4. The van der Waals surface area contributed by atoms with Crippen LogP contribution in [0, 0.1) is 6.92 Å². The molecule has 3 aromatic rings. The summed E-state index contributed by atoms with van der Waals surface area (Å²) in [5.41, 5.74) is 3.11. The number of amides is 2. The number of hydrogen-bond donors (Lipinski definition) is 1. The number of anilines is 1. The molecule has 0 heterocycles. The highest BCUT2D eigenvalue weighted by Crippen LogP contribution is 2.25. The number of benzene rings is 3. The maximum absolute atomic E-state index is 13.9. The van der Waals surface area contributed by atoms with E-state index < -0.39 is 16.1 Å². The molecule has 0 saturated heterocycles. The molecular formula is C31H37Cl2N3O4S. The van der Waals surface area contributed by atoms with Crippen LogP contribution in [0.1, 0.15) is 43.4 Å². The van der Waals surface area contributed by atoms with E-state index in [-0.39, 0.29) is 43.8 Å². The number of carbonyl (C=O) groups is 2. The lowest BCUT2D eigenvalue weighted by Gasteiger charge is -2.32. The molecule has 0 spiro atoms. The van der Waals surface area contributed by atoms with E-state index in [0.29, 0.717) is 22.2 Å². The summed E-state index contributed by atoms with van der Waals surface area (Å²) in [6.07, 6.45) is 1.77. The van der Waals surface area contributed by atoms with Crippen molar-refractivity contribution in [2.75, 3.05) is 17.1 Å². The molecule has 1 N–H and O–H groups in total. The van der Waals surface area contributed by atoms with Gasteiger partial charge in [-0.2, -0.15) is 0 Å². The van der Waals surface area contributed by atoms with Gasteiger partial charge < -0.3 is 10.2 Å². The summed E-state index contributed by atoms with van der Waals surface area (Å²) < 4.78 is 26.5. The second-order valence-electron chi connectivity index (χ2n) is 10.4. The van der Waals surface area contributed by atoms with Gasteiger partial charge in [0.05, 0.1) is 22.0 Å². The fraction of sp³-hybridized carbons (Fsp3) is 0.355. The molecule has 41 heavy (non-hydrogen) atoms. The first-order valence-electron chi connectivity index (χ1n) is 13.5. The van der Waals surface area contributed by atoms with E-state index in [4.69, 9.17) is 23.2 Å². The van der Waals surface area contributed by atoms with Crippen LogP contribution in [-0.4, -0.2) is 50.0 Å². The van der Waals surface area contributed by atoms with Gasteiger partial charge in [-0.1, -0.05) is 71.7 Å². The summed E-state index contributed by atoms with van der Waals surface area (Å²) in [5, 5.41) is 3.70. The van der Waals surface area contributed by atoms with Crippen molar-refractivity contribution in [1.29, 1.82) is 0 Å². The average molecular weight is 619 g/mol. The van der Waals surface area contributed by atoms with Gasteiger partial charge in [0, 0.05) is 32.0 Å². The first-order chi connectivity index (χ1) is 19.3. The largest absolute Gasteiger partial charge is 0.352 e. The van der Waals surface area contributed by atoms with E-state index >= 15 is 0 Å². The van der Waals surface area contributed by atoms with Gasteiger partial charge in [-0.25, -0.2) is 8.42 Å². The average Bonchev–Trinajstić information content (AvgIpc) is 2.90. The van der Waals surface area contributed by atoms with E-state index in [1.54, 1.807) is 41.3 Å². The standard InChI is InChI=1S/C31H37Cl2N3O4S/c1-22(2)34-31(38)29(20-24-11-6-5-7-12-24)35(21-25-15-16-27(32)28(33)19-25)30(37)14-9-17-36(41(4,39)40)26-13-8-10-23(3)18-26/h5-8,10-13,15-16,18-19,22,29H,9,14,17,20-21H2,1-4H3,(H,34,38)/t29-/m1/s1. The highest BCUT2D eigenvalue weighted by molar-refractivity contribution is 7.92. The highest BCUT2D eigenvalue weighted by atomic mass is 35.5. The maximum atomic E-state index is 13.9. The number of sulfonamides is 1. The lowest BCUT2D eigenvalue weighted by Crippen LogP contribution is -2.51. The normalized spacial score (nSPS) is 12.2. The highest BCUT2D eigenvalue weighted by Gasteiger charge is 2.31. The van der Waals surface area contributed by atoms with Crippen LogP contribution in [-0.2, 0) is 32.6 Å². The number of hydrogen-bond acceptors (Lipinski definition) is 4. The van der Waals surface area contributed by atoms with Crippen LogP contribution in [0.5, 0.6) is 0 Å². The van der Waals surface area contributed by atoms with Crippen molar-refractivity contribution in [2.24, 2.45) is 0 Å². The van der Waals surface area contributed by atoms with Gasteiger partial charge in [0.25, 0.3) is 0 Å². The number of aryl methyl sites for hydroxylation is 1. The van der Waals surface area contributed by atoms with Crippen LogP contribution < -0.4 is 9.62 Å². The van der Waals surface area contributed by atoms with Crippen molar-refractivity contribution in [3.05, 3.63) is 99.5 Å². The minimum absolute atomic E-state index is 0.0411. The van der Waals surface area contributed by atoms with Crippen molar-refractivity contribution in [3.8, 4) is 0 Å². The molecule has 0 bridgehead atoms. The van der Waals surface area contributed by atoms with Gasteiger partial charge >= 0.3 is 0 Å². The van der Waals surface area contributed by atoms with E-state index in [1.807, 2.05) is 57.2 Å². The molecule has 7 nitrogen and oxygen atoms in total. The minimum atomic E-state index is -3.58. The van der Waals surface area contributed by atoms with Gasteiger partial charge in [-0.3, -0.25) is 13.9 Å². The molecule has 0 saturated carbocycles. The molecule has 0 aromatic heterocycles. The Kier molecular flexibility index (Phi) is 11.6.